The van der Waals surface area contributed by atoms with Crippen molar-refractivity contribution < 1.29 is 19.1 Å². The van der Waals surface area contributed by atoms with Crippen LogP contribution in [0.2, 0.25) is 0 Å². The molecule has 0 spiro atoms. The second kappa shape index (κ2) is 7.47. The first kappa shape index (κ1) is 16.6. The minimum atomic E-state index is -0.237. The number of methoxy groups -OCH3 is 2. The highest BCUT2D eigenvalue weighted by molar-refractivity contribution is 8.18. The largest absolute Gasteiger partial charge is 0.496 e. The summed E-state index contributed by atoms with van der Waals surface area (Å²) in [4.78, 5) is 25.9. The molecule has 1 aromatic carbocycles. The van der Waals surface area contributed by atoms with Gasteiger partial charge in [-0.05, 0) is 54.4 Å². The molecule has 0 unspecified atom stereocenters. The van der Waals surface area contributed by atoms with Crippen molar-refractivity contribution in [1.82, 2.24) is 4.90 Å². The van der Waals surface area contributed by atoms with Gasteiger partial charge in [0.1, 0.15) is 5.75 Å². The minimum absolute atomic E-state index is 0.224. The third-order valence-corrected chi connectivity index (χ3v) is 4.23. The summed E-state index contributed by atoms with van der Waals surface area (Å²) in [5, 5.41) is -0.224. The van der Waals surface area contributed by atoms with Crippen LogP contribution in [0.25, 0.3) is 6.08 Å². The Morgan fingerprint density at radius 2 is 2.05 bits per heavy atom. The molecule has 1 aliphatic rings. The quantitative estimate of drug-likeness (QED) is 0.595. The van der Waals surface area contributed by atoms with E-state index >= 15 is 0 Å². The molecule has 1 fully saturated rings. The predicted molar refractivity (Wildman–Crippen MR) is 86.9 cm³/mol. The monoisotopic (exact) mass is 321 g/mol. The zero-order valence-electron chi connectivity index (χ0n) is 12.9. The van der Waals surface area contributed by atoms with E-state index in [1.165, 1.54) is 4.90 Å². The fourth-order valence-electron chi connectivity index (χ4n) is 2.20. The lowest BCUT2D eigenvalue weighted by molar-refractivity contribution is -0.122. The summed E-state index contributed by atoms with van der Waals surface area (Å²) in [5.41, 5.74) is 1.86. The van der Waals surface area contributed by atoms with Crippen LogP contribution in [0.3, 0.4) is 0 Å². The van der Waals surface area contributed by atoms with Crippen molar-refractivity contribution in [3.8, 4) is 5.75 Å². The average molecular weight is 321 g/mol. The van der Waals surface area contributed by atoms with Gasteiger partial charge in [0.15, 0.2) is 0 Å². The van der Waals surface area contributed by atoms with Gasteiger partial charge in [0, 0.05) is 20.3 Å². The molecule has 1 aromatic rings. The van der Waals surface area contributed by atoms with Crippen LogP contribution in [-0.4, -0.2) is 43.4 Å². The first-order valence-electron chi connectivity index (χ1n) is 6.95. The van der Waals surface area contributed by atoms with E-state index in [4.69, 9.17) is 9.47 Å². The predicted octanol–water partition coefficient (Wildman–Crippen LogP) is 3.08. The number of rotatable bonds is 6. The number of imide groups is 1. The van der Waals surface area contributed by atoms with E-state index in [1.54, 1.807) is 20.3 Å². The van der Waals surface area contributed by atoms with Crippen LogP contribution in [0.15, 0.2) is 23.1 Å². The third kappa shape index (κ3) is 3.69. The second-order valence-corrected chi connectivity index (χ2v) is 5.90. The van der Waals surface area contributed by atoms with Gasteiger partial charge < -0.3 is 9.47 Å². The van der Waals surface area contributed by atoms with Crippen molar-refractivity contribution in [2.75, 3.05) is 27.4 Å². The fraction of sp³-hybridized carbons (Fsp3) is 0.375. The lowest BCUT2D eigenvalue weighted by Crippen LogP contribution is -2.29. The van der Waals surface area contributed by atoms with Crippen molar-refractivity contribution in [3.63, 3.8) is 0 Å². The van der Waals surface area contributed by atoms with Crippen molar-refractivity contribution in [3.05, 3.63) is 34.2 Å². The van der Waals surface area contributed by atoms with Gasteiger partial charge in [0.25, 0.3) is 11.1 Å². The van der Waals surface area contributed by atoms with Crippen molar-refractivity contribution in [2.45, 2.75) is 13.3 Å². The van der Waals surface area contributed by atoms with Gasteiger partial charge in [0.2, 0.25) is 0 Å². The Labute approximate surface area is 134 Å². The highest BCUT2D eigenvalue weighted by atomic mass is 32.2. The Kier molecular flexibility index (Phi) is 5.63. The topological polar surface area (TPSA) is 55.8 Å². The highest BCUT2D eigenvalue weighted by Gasteiger charge is 2.34. The molecule has 6 heteroatoms. The number of ether oxygens (including phenoxy) is 2. The Bertz CT molecular complexity index is 612. The zero-order chi connectivity index (χ0) is 16.1. The molecule has 118 valence electrons. The molecule has 1 heterocycles. The van der Waals surface area contributed by atoms with Crippen LogP contribution >= 0.6 is 11.8 Å². The number of amides is 2. The summed E-state index contributed by atoms with van der Waals surface area (Å²) < 4.78 is 10.2. The van der Waals surface area contributed by atoms with Gasteiger partial charge in [-0.25, -0.2) is 0 Å². The summed E-state index contributed by atoms with van der Waals surface area (Å²) in [5.74, 6) is 0.560. The molecule has 0 saturated carbocycles. The summed E-state index contributed by atoms with van der Waals surface area (Å²) in [7, 11) is 3.22. The van der Waals surface area contributed by atoms with Crippen LogP contribution < -0.4 is 4.74 Å². The number of carbonyl (C=O) groups is 2. The number of hydrogen-bond acceptors (Lipinski definition) is 5. The second-order valence-electron chi connectivity index (χ2n) is 4.91. The molecular formula is C16H19NO4S. The number of nitrogens with zero attached hydrogens (tertiary/aromatic N) is 1. The van der Waals surface area contributed by atoms with Crippen LogP contribution in [0.4, 0.5) is 4.79 Å². The number of carbonyl (C=O) groups excluding carboxylic acids is 2. The summed E-state index contributed by atoms with van der Waals surface area (Å²) >= 11 is 0.977. The zero-order valence-corrected chi connectivity index (χ0v) is 13.7. The number of benzene rings is 1. The number of hydrogen-bond donors (Lipinski definition) is 0. The molecule has 1 aliphatic heterocycles. The molecule has 2 amide bonds. The van der Waals surface area contributed by atoms with E-state index in [0.29, 0.717) is 24.5 Å². The maximum absolute atomic E-state index is 12.3. The Balaban J connectivity index is 2.14. The maximum Gasteiger partial charge on any atom is 0.293 e. The highest BCUT2D eigenvalue weighted by Crippen LogP contribution is 2.32. The van der Waals surface area contributed by atoms with Crippen molar-refractivity contribution in [2.24, 2.45) is 0 Å². The average Bonchev–Trinajstić information content (AvgIpc) is 2.75. The molecule has 5 nitrogen and oxygen atoms in total. The van der Waals surface area contributed by atoms with E-state index < -0.39 is 0 Å². The van der Waals surface area contributed by atoms with Gasteiger partial charge in [-0.3, -0.25) is 14.5 Å². The van der Waals surface area contributed by atoms with E-state index in [-0.39, 0.29) is 11.1 Å². The summed E-state index contributed by atoms with van der Waals surface area (Å²) in [6, 6.07) is 5.65. The van der Waals surface area contributed by atoms with E-state index in [0.717, 1.165) is 28.6 Å². The van der Waals surface area contributed by atoms with Gasteiger partial charge in [-0.15, -0.1) is 0 Å². The number of aryl methyl sites for hydroxylation is 1. The van der Waals surface area contributed by atoms with Crippen LogP contribution in [0, 0.1) is 6.92 Å². The molecule has 0 atom stereocenters. The first-order valence-corrected chi connectivity index (χ1v) is 7.77. The van der Waals surface area contributed by atoms with Gasteiger partial charge in [-0.1, -0.05) is 6.07 Å². The SMILES string of the molecule is COCCCN1C(=O)S/C(=C/c2ccc(OC)c(C)c2)C1=O. The smallest absolute Gasteiger partial charge is 0.293 e. The van der Waals surface area contributed by atoms with Gasteiger partial charge in [0.05, 0.1) is 12.0 Å². The normalized spacial score (nSPS) is 16.7. The molecular weight excluding hydrogens is 302 g/mol. The molecule has 0 aromatic heterocycles. The first-order chi connectivity index (χ1) is 10.6. The van der Waals surface area contributed by atoms with E-state index in [2.05, 4.69) is 0 Å². The molecule has 0 radical (unpaired) electrons. The molecule has 22 heavy (non-hydrogen) atoms. The van der Waals surface area contributed by atoms with Crippen molar-refractivity contribution in [1.29, 1.82) is 0 Å². The van der Waals surface area contributed by atoms with Crippen LogP contribution in [0.5, 0.6) is 5.75 Å². The van der Waals surface area contributed by atoms with E-state index in [1.807, 2.05) is 25.1 Å². The Morgan fingerprint density at radius 3 is 2.68 bits per heavy atom. The summed E-state index contributed by atoms with van der Waals surface area (Å²) in [6.45, 7) is 2.85. The molecule has 0 aliphatic carbocycles. The fourth-order valence-corrected chi connectivity index (χ4v) is 3.07. The lowest BCUT2D eigenvalue weighted by atomic mass is 10.1. The molecule has 1 saturated heterocycles. The van der Waals surface area contributed by atoms with E-state index in [9.17, 15) is 9.59 Å². The van der Waals surface area contributed by atoms with Crippen molar-refractivity contribution >= 4 is 29.0 Å². The molecule has 0 N–H and O–H groups in total. The Morgan fingerprint density at radius 1 is 1.27 bits per heavy atom. The van der Waals surface area contributed by atoms with Crippen LogP contribution in [0.1, 0.15) is 17.5 Å². The third-order valence-electron chi connectivity index (χ3n) is 3.32. The standard InChI is InChI=1S/C16H19NO4S/c1-11-9-12(5-6-13(11)21-3)10-14-15(18)17(16(19)22-14)7-4-8-20-2/h5-6,9-10H,4,7-8H2,1-3H3/b14-10+. The number of thioether (sulfide) groups is 1. The Hall–Kier alpha value is -1.79. The maximum atomic E-state index is 12.3. The molecule has 2 rings (SSSR count). The van der Waals surface area contributed by atoms with Crippen LogP contribution in [-0.2, 0) is 9.53 Å². The van der Waals surface area contributed by atoms with Gasteiger partial charge >= 0.3 is 0 Å². The lowest BCUT2D eigenvalue weighted by Gasteiger charge is -2.11. The molecule has 0 bridgehead atoms. The minimum Gasteiger partial charge on any atom is -0.496 e. The van der Waals surface area contributed by atoms with Gasteiger partial charge in [-0.2, -0.15) is 0 Å². The summed E-state index contributed by atoms with van der Waals surface area (Å²) in [6.07, 6.45) is 2.39.